The minimum absolute atomic E-state index is 0.00726. The lowest BCUT2D eigenvalue weighted by molar-refractivity contribution is -0.124. The molecule has 1 amide bonds. The molecule has 2 N–H and O–H groups in total. The number of carbonyl (C=O) groups excluding carboxylic acids is 1. The van der Waals surface area contributed by atoms with E-state index < -0.39 is 22.0 Å². The number of hydroxylamine groups is 1. The Labute approximate surface area is 93.3 Å². The van der Waals surface area contributed by atoms with Gasteiger partial charge in [0.25, 0.3) is 5.91 Å². The molecule has 1 unspecified atom stereocenters. The van der Waals surface area contributed by atoms with Crippen LogP contribution in [0.5, 0.6) is 0 Å². The quantitative estimate of drug-likeness (QED) is 0.632. The van der Waals surface area contributed by atoms with Gasteiger partial charge in [-0.1, -0.05) is 6.92 Å². The summed E-state index contributed by atoms with van der Waals surface area (Å²) in [5.41, 5.74) is 2.07. The normalized spacial score (nSPS) is 23.9. The van der Waals surface area contributed by atoms with Crippen LogP contribution in [0.4, 0.5) is 0 Å². The highest BCUT2D eigenvalue weighted by atomic mass is 35.5. The van der Waals surface area contributed by atoms with Gasteiger partial charge in [0.2, 0.25) is 10.0 Å². The monoisotopic (exact) mass is 256 g/mol. The molecule has 2 atom stereocenters. The number of hydrogen-bond donors (Lipinski definition) is 2. The molecular weight excluding hydrogens is 244 g/mol. The van der Waals surface area contributed by atoms with E-state index in [-0.39, 0.29) is 24.2 Å². The molecule has 0 spiro atoms. The molecule has 1 saturated heterocycles. The molecule has 1 aliphatic heterocycles. The van der Waals surface area contributed by atoms with Gasteiger partial charge in [-0.25, -0.2) is 18.6 Å². The Morgan fingerprint density at radius 2 is 2.40 bits per heavy atom. The van der Waals surface area contributed by atoms with Crippen LogP contribution >= 0.6 is 11.6 Å². The van der Waals surface area contributed by atoms with Crippen LogP contribution in [-0.4, -0.2) is 38.6 Å². The maximum absolute atomic E-state index is 11.5. The van der Waals surface area contributed by atoms with Crippen molar-refractivity contribution in [3.8, 4) is 0 Å². The van der Waals surface area contributed by atoms with Gasteiger partial charge in [-0.15, -0.1) is 11.6 Å². The van der Waals surface area contributed by atoms with Crippen LogP contribution in [-0.2, 0) is 19.7 Å². The molecular formula is C7H13ClN2O4S. The fraction of sp³-hybridized carbons (Fsp3) is 0.857. The summed E-state index contributed by atoms with van der Waals surface area (Å²) >= 11 is 5.51. The summed E-state index contributed by atoms with van der Waals surface area (Å²) in [5.74, 6) is -0.471. The predicted octanol–water partition coefficient (Wildman–Crippen LogP) is -0.789. The molecule has 1 heterocycles. The molecule has 0 bridgehead atoms. The molecule has 88 valence electrons. The highest BCUT2D eigenvalue weighted by molar-refractivity contribution is 7.89. The Morgan fingerprint density at radius 3 is 2.87 bits per heavy atom. The molecule has 1 aliphatic rings. The van der Waals surface area contributed by atoms with Crippen LogP contribution < -0.4 is 10.2 Å². The smallest absolute Gasteiger partial charge is 0.264 e. The minimum Gasteiger partial charge on any atom is -0.271 e. The topological polar surface area (TPSA) is 84.5 Å². The van der Waals surface area contributed by atoms with Crippen LogP contribution in [0, 0.1) is 5.92 Å². The van der Waals surface area contributed by atoms with Gasteiger partial charge in [-0.3, -0.25) is 9.63 Å². The van der Waals surface area contributed by atoms with Gasteiger partial charge >= 0.3 is 0 Å². The van der Waals surface area contributed by atoms with Gasteiger partial charge in [0.05, 0.1) is 5.75 Å². The SMILES string of the molecule is CC(CCl)CS(=O)(=O)N[C@@H]1CONC1=O. The Morgan fingerprint density at radius 1 is 1.73 bits per heavy atom. The van der Waals surface area contributed by atoms with Gasteiger partial charge in [0.1, 0.15) is 12.6 Å². The maximum Gasteiger partial charge on any atom is 0.264 e. The van der Waals surface area contributed by atoms with Crippen LogP contribution in [0.3, 0.4) is 0 Å². The third kappa shape index (κ3) is 3.94. The van der Waals surface area contributed by atoms with Gasteiger partial charge in [0, 0.05) is 5.88 Å². The lowest BCUT2D eigenvalue weighted by Crippen LogP contribution is -2.43. The summed E-state index contributed by atoms with van der Waals surface area (Å²) in [7, 11) is -3.48. The van der Waals surface area contributed by atoms with Crippen molar-refractivity contribution in [3.63, 3.8) is 0 Å². The van der Waals surface area contributed by atoms with Crippen LogP contribution in [0.1, 0.15) is 6.92 Å². The molecule has 0 aromatic heterocycles. The lowest BCUT2D eigenvalue weighted by Gasteiger charge is -2.11. The van der Waals surface area contributed by atoms with Crippen molar-refractivity contribution in [3.05, 3.63) is 0 Å². The summed E-state index contributed by atoms with van der Waals surface area (Å²) < 4.78 is 25.2. The number of alkyl halides is 1. The highest BCUT2D eigenvalue weighted by Gasteiger charge is 2.30. The van der Waals surface area contributed by atoms with Gasteiger partial charge in [-0.05, 0) is 5.92 Å². The fourth-order valence-corrected chi connectivity index (χ4v) is 2.92. The summed E-state index contributed by atoms with van der Waals surface area (Å²) in [6, 6.07) is -0.836. The number of sulfonamides is 1. The average molecular weight is 257 g/mol. The van der Waals surface area contributed by atoms with Crippen molar-refractivity contribution < 1.29 is 18.0 Å². The van der Waals surface area contributed by atoms with Crippen molar-refractivity contribution >= 4 is 27.5 Å². The molecule has 8 heteroatoms. The summed E-state index contributed by atoms with van der Waals surface area (Å²) in [6.45, 7) is 1.73. The molecule has 0 aliphatic carbocycles. The van der Waals surface area contributed by atoms with E-state index in [1.165, 1.54) is 0 Å². The van der Waals surface area contributed by atoms with E-state index in [0.29, 0.717) is 0 Å². The molecule has 15 heavy (non-hydrogen) atoms. The Hall–Kier alpha value is -0.370. The Kier molecular flexibility index (Phi) is 4.32. The van der Waals surface area contributed by atoms with Gasteiger partial charge in [0.15, 0.2) is 0 Å². The minimum atomic E-state index is -3.48. The number of rotatable bonds is 5. The summed E-state index contributed by atoms with van der Waals surface area (Å²) in [5, 5.41) is 0. The molecule has 0 aromatic carbocycles. The second-order valence-corrected chi connectivity index (χ2v) is 5.60. The predicted molar refractivity (Wildman–Crippen MR) is 54.7 cm³/mol. The first-order valence-corrected chi connectivity index (χ1v) is 6.61. The first-order chi connectivity index (χ1) is 6.94. The van der Waals surface area contributed by atoms with Crippen LogP contribution in [0.25, 0.3) is 0 Å². The first kappa shape index (κ1) is 12.7. The van der Waals surface area contributed by atoms with E-state index in [9.17, 15) is 13.2 Å². The molecule has 0 saturated carbocycles. The molecule has 1 rings (SSSR count). The molecule has 0 radical (unpaired) electrons. The third-order valence-electron chi connectivity index (χ3n) is 1.83. The van der Waals surface area contributed by atoms with E-state index >= 15 is 0 Å². The number of carbonyl (C=O) groups is 1. The second-order valence-electron chi connectivity index (χ2n) is 3.49. The number of amides is 1. The lowest BCUT2D eigenvalue weighted by atomic mass is 10.3. The van der Waals surface area contributed by atoms with Crippen LogP contribution in [0.2, 0.25) is 0 Å². The largest absolute Gasteiger partial charge is 0.271 e. The fourth-order valence-electron chi connectivity index (χ4n) is 1.11. The maximum atomic E-state index is 11.5. The van der Waals surface area contributed by atoms with E-state index in [0.717, 1.165) is 0 Å². The zero-order valence-electron chi connectivity index (χ0n) is 8.20. The first-order valence-electron chi connectivity index (χ1n) is 4.42. The molecule has 6 nitrogen and oxygen atoms in total. The highest BCUT2D eigenvalue weighted by Crippen LogP contribution is 2.04. The van der Waals surface area contributed by atoms with Crippen molar-refractivity contribution in [1.29, 1.82) is 0 Å². The molecule has 0 aromatic rings. The van der Waals surface area contributed by atoms with Crippen molar-refractivity contribution in [2.24, 2.45) is 5.92 Å². The third-order valence-corrected chi connectivity index (χ3v) is 4.01. The number of hydrogen-bond acceptors (Lipinski definition) is 4. The van der Waals surface area contributed by atoms with Gasteiger partial charge < -0.3 is 0 Å². The van der Waals surface area contributed by atoms with E-state index in [4.69, 9.17) is 11.6 Å². The Balaban J connectivity index is 2.52. The standard InChI is InChI=1S/C7H13ClN2O4S/c1-5(2-8)4-15(12,13)10-6-3-14-9-7(6)11/h5-6,10H,2-4H2,1H3,(H,9,11)/t5?,6-/m1/s1. The zero-order valence-corrected chi connectivity index (χ0v) is 9.77. The van der Waals surface area contributed by atoms with Gasteiger partial charge in [-0.2, -0.15) is 0 Å². The Bertz CT molecular complexity index is 332. The van der Waals surface area contributed by atoms with Crippen LogP contribution in [0.15, 0.2) is 0 Å². The number of halogens is 1. The van der Waals surface area contributed by atoms with Crippen molar-refractivity contribution in [2.75, 3.05) is 18.2 Å². The summed E-state index contributed by atoms with van der Waals surface area (Å²) in [6.07, 6.45) is 0. The zero-order chi connectivity index (χ0) is 11.5. The average Bonchev–Trinajstić information content (AvgIpc) is 2.50. The van der Waals surface area contributed by atoms with Crippen molar-refractivity contribution in [1.82, 2.24) is 10.2 Å². The van der Waals surface area contributed by atoms with E-state index in [1.807, 2.05) is 0 Å². The number of nitrogens with one attached hydrogen (secondary N) is 2. The van der Waals surface area contributed by atoms with Crippen molar-refractivity contribution in [2.45, 2.75) is 13.0 Å². The summed E-state index contributed by atoms with van der Waals surface area (Å²) in [4.78, 5) is 15.6. The van der Waals surface area contributed by atoms with E-state index in [1.54, 1.807) is 6.92 Å². The molecule has 1 fully saturated rings. The van der Waals surface area contributed by atoms with E-state index in [2.05, 4.69) is 15.0 Å². The second kappa shape index (κ2) is 5.11.